The van der Waals surface area contributed by atoms with Crippen LogP contribution < -0.4 is 26.0 Å². The highest BCUT2D eigenvalue weighted by atomic mass is 16.6. The van der Waals surface area contributed by atoms with E-state index in [1.54, 1.807) is 79.7 Å². The molecule has 444 valence electrons. The molecule has 0 aliphatic carbocycles. The fourth-order valence-electron chi connectivity index (χ4n) is 9.81. The Morgan fingerprint density at radius 1 is 0.848 bits per heavy atom. The van der Waals surface area contributed by atoms with Crippen molar-refractivity contribution in [3.8, 4) is 5.75 Å². The number of carbonyl (C=O) groups excluding carboxylic acids is 10. The van der Waals surface area contributed by atoms with Crippen molar-refractivity contribution in [1.29, 1.82) is 0 Å². The van der Waals surface area contributed by atoms with Gasteiger partial charge in [-0.1, -0.05) is 102 Å². The molecule has 3 rings (SSSR count). The number of benzene rings is 1. The van der Waals surface area contributed by atoms with Crippen molar-refractivity contribution < 1.29 is 67.3 Å². The predicted octanol–water partition coefficient (Wildman–Crippen LogP) is 3.74. The van der Waals surface area contributed by atoms with Crippen LogP contribution in [-0.4, -0.2) is 167 Å². The number of methoxy groups -OCH3 is 1. The molecule has 1 aromatic rings. The molecule has 2 aliphatic heterocycles. The lowest BCUT2D eigenvalue weighted by atomic mass is 9.91. The Hall–Kier alpha value is -6.12. The number of nitrogens with one attached hydrogen (secondary N) is 4. The normalized spacial score (nSPS) is 25.8. The van der Waals surface area contributed by atoms with Gasteiger partial charge < -0.3 is 55.3 Å². The topological polar surface area (TPSA) is 276 Å². The van der Waals surface area contributed by atoms with E-state index < -0.39 is 150 Å². The van der Waals surface area contributed by atoms with E-state index in [-0.39, 0.29) is 50.0 Å². The first kappa shape index (κ1) is 67.2. The summed E-state index contributed by atoms with van der Waals surface area (Å²) < 4.78 is 17.3. The Kier molecular flexibility index (Phi) is 25.9. The minimum absolute atomic E-state index is 0.0917. The Morgan fingerprint density at radius 3 is 2.00 bits per heavy atom. The molecule has 2 fully saturated rings. The fraction of sp³-hybridized carbons (Fsp3) is 0.724. The second-order valence-electron chi connectivity index (χ2n) is 23.5. The molecule has 5 N–H and O–H groups in total. The second kappa shape index (κ2) is 30.5. The summed E-state index contributed by atoms with van der Waals surface area (Å²) in [6.45, 7) is 23.9. The third kappa shape index (κ3) is 18.5. The van der Waals surface area contributed by atoms with Crippen LogP contribution in [0.2, 0.25) is 0 Å². The summed E-state index contributed by atoms with van der Waals surface area (Å²) in [6.07, 6.45) is -4.27. The molecule has 0 saturated carbocycles. The third-order valence-corrected chi connectivity index (χ3v) is 15.1. The van der Waals surface area contributed by atoms with Crippen LogP contribution in [0.4, 0.5) is 0 Å². The molecule has 79 heavy (non-hydrogen) atoms. The van der Waals surface area contributed by atoms with Gasteiger partial charge in [-0.05, 0) is 86.8 Å². The van der Waals surface area contributed by atoms with E-state index >= 15 is 4.79 Å². The molecule has 1 aromatic carbocycles. The second-order valence-corrected chi connectivity index (χ2v) is 23.5. The molecule has 1 unspecified atom stereocenters. The molecule has 0 bridgehead atoms. The van der Waals surface area contributed by atoms with Crippen molar-refractivity contribution in [2.45, 2.75) is 202 Å². The van der Waals surface area contributed by atoms with Crippen LogP contribution in [0.5, 0.6) is 5.75 Å². The lowest BCUT2D eigenvalue weighted by Crippen LogP contribution is -2.62. The number of esters is 2. The zero-order valence-corrected chi connectivity index (χ0v) is 49.9. The number of aliphatic hydroxyl groups excluding tert-OH is 1. The van der Waals surface area contributed by atoms with Crippen LogP contribution in [-0.2, 0) is 63.8 Å². The molecule has 0 spiro atoms. The number of ketones is 1. The molecular weight excluding hydrogens is 1020 g/mol. The average molecular weight is 1110 g/mol. The largest absolute Gasteiger partial charge is 0.497 e. The first-order valence-corrected chi connectivity index (χ1v) is 28.2. The maximum atomic E-state index is 15.0. The summed E-state index contributed by atoms with van der Waals surface area (Å²) in [6, 6.07) is -2.13. The number of hydrogen-bond acceptors (Lipinski definition) is 14. The highest BCUT2D eigenvalue weighted by Gasteiger charge is 2.45. The maximum Gasteiger partial charge on any atom is 0.329 e. The Balaban J connectivity index is 2.31. The van der Waals surface area contributed by atoms with E-state index in [0.717, 1.165) is 0 Å². The number of aliphatic hydroxyl groups is 1. The van der Waals surface area contributed by atoms with Crippen molar-refractivity contribution in [1.82, 2.24) is 36.0 Å². The van der Waals surface area contributed by atoms with Crippen molar-refractivity contribution in [3.63, 3.8) is 0 Å². The zero-order valence-electron chi connectivity index (χ0n) is 49.9. The Labute approximate surface area is 468 Å². The first-order chi connectivity index (χ1) is 36.9. The van der Waals surface area contributed by atoms with Crippen molar-refractivity contribution in [3.05, 3.63) is 29.8 Å². The number of cyclic esters (lactones) is 2. The SMILES string of the molecule is CC[C@H](C)[C@H]1NC(=O)[C@H](NC(=O)[C@@H](CC(C)C)N(C)C(=O)C(NC(=O)C(C)C)C(C)C)[C@@H](C)OC(=O)[C@H](Cc2ccc(OC)cc2)N(C)C(=O)[C@@H]2CCCN2C(=O)[C@H](CC(C)C)NC(=O)[C@@H](C)C(=O)[C@H](C(C)C)OC(=O)C[C@@H]1O. The number of nitrogens with zero attached hydrogens (tertiary/aromatic N) is 3. The number of hydrogen-bond donors (Lipinski definition) is 5. The molecule has 0 radical (unpaired) electrons. The quantitative estimate of drug-likeness (QED) is 0.110. The van der Waals surface area contributed by atoms with Gasteiger partial charge in [0.05, 0.1) is 31.6 Å². The van der Waals surface area contributed by atoms with Gasteiger partial charge >= 0.3 is 11.9 Å². The van der Waals surface area contributed by atoms with Crippen LogP contribution in [0.15, 0.2) is 24.3 Å². The number of likely N-dealkylation sites (N-methyl/N-ethyl adjacent to an activating group) is 2. The number of fused-ring (bicyclic) bond motifs is 1. The molecular formula is C58H93N7O14. The van der Waals surface area contributed by atoms with E-state index in [4.69, 9.17) is 14.2 Å². The van der Waals surface area contributed by atoms with E-state index in [0.29, 0.717) is 24.2 Å². The zero-order chi connectivity index (χ0) is 59.9. The smallest absolute Gasteiger partial charge is 0.329 e. The lowest BCUT2D eigenvalue weighted by Gasteiger charge is -2.36. The molecule has 0 aromatic heterocycles. The van der Waals surface area contributed by atoms with Crippen molar-refractivity contribution >= 4 is 59.1 Å². The van der Waals surface area contributed by atoms with E-state index in [9.17, 15) is 48.3 Å². The number of amides is 7. The lowest BCUT2D eigenvalue weighted by molar-refractivity contribution is -0.163. The number of Topliss-reactive ketones (excluding diaryl/α,β-unsaturated/α-hetero) is 1. The molecule has 21 heteroatoms. The van der Waals surface area contributed by atoms with Gasteiger partial charge in [0.15, 0.2) is 11.9 Å². The predicted molar refractivity (Wildman–Crippen MR) is 295 cm³/mol. The van der Waals surface area contributed by atoms with E-state index in [2.05, 4.69) is 21.3 Å². The maximum absolute atomic E-state index is 15.0. The number of ether oxygens (including phenoxy) is 3. The number of rotatable bonds is 17. The molecule has 2 heterocycles. The van der Waals surface area contributed by atoms with Gasteiger partial charge in [-0.3, -0.25) is 43.2 Å². The minimum Gasteiger partial charge on any atom is -0.497 e. The molecule has 2 saturated heterocycles. The van der Waals surface area contributed by atoms with Crippen LogP contribution in [0, 0.1) is 41.4 Å². The summed E-state index contributed by atoms with van der Waals surface area (Å²) in [5.74, 6) is -10.7. The standard InChI is InChI=1S/C58H93N7O14/c1-18-35(12)47-44(66)29-45(67)79-50(33(8)9)49(68)36(13)52(70)59-40(26-30(2)3)55(73)65-25-19-20-41(65)56(74)64(16)43(28-38-21-23-39(77-17)24-22-38)58(76)78-37(14)48(54(72)61-47)62-53(71)42(27-31(4)5)63(15)57(75)46(32(6)7)60-51(69)34(10)11/h21-24,30-37,40-44,46-48,50,66H,18-20,25-29H2,1-17H3,(H,59,70)(H,60,69)(H,61,72)(H,62,71)/t35-,36-,37+,40-,41-,42+,43-,44-,46?,47+,48+,50-/m0/s1. The van der Waals surface area contributed by atoms with Gasteiger partial charge in [-0.2, -0.15) is 0 Å². The van der Waals surface area contributed by atoms with Gasteiger partial charge in [-0.25, -0.2) is 4.79 Å². The first-order valence-electron chi connectivity index (χ1n) is 28.2. The molecule has 21 nitrogen and oxygen atoms in total. The Morgan fingerprint density at radius 2 is 1.47 bits per heavy atom. The van der Waals surface area contributed by atoms with Gasteiger partial charge in [0.25, 0.3) is 0 Å². The highest BCUT2D eigenvalue weighted by Crippen LogP contribution is 2.26. The summed E-state index contributed by atoms with van der Waals surface area (Å²) in [4.78, 5) is 147. The molecule has 12 atom stereocenters. The van der Waals surface area contributed by atoms with E-state index in [1.165, 1.54) is 49.8 Å². The van der Waals surface area contributed by atoms with E-state index in [1.807, 2.05) is 27.7 Å². The van der Waals surface area contributed by atoms with Crippen LogP contribution in [0.1, 0.15) is 141 Å². The van der Waals surface area contributed by atoms with Crippen LogP contribution in [0.3, 0.4) is 0 Å². The van der Waals surface area contributed by atoms with Crippen LogP contribution in [0.25, 0.3) is 0 Å². The molecule has 2 aliphatic rings. The van der Waals surface area contributed by atoms with Gasteiger partial charge in [-0.15, -0.1) is 0 Å². The fourth-order valence-corrected chi connectivity index (χ4v) is 9.81. The van der Waals surface area contributed by atoms with Gasteiger partial charge in [0, 0.05) is 33.0 Å². The summed E-state index contributed by atoms with van der Waals surface area (Å²) in [7, 11) is 4.33. The summed E-state index contributed by atoms with van der Waals surface area (Å²) in [5.41, 5.74) is 0.579. The number of carbonyl (C=O) groups is 10. The van der Waals surface area contributed by atoms with Crippen LogP contribution >= 0.6 is 0 Å². The Bertz CT molecular complexity index is 2290. The minimum atomic E-state index is -1.75. The van der Waals surface area contributed by atoms with Gasteiger partial charge in [0.2, 0.25) is 41.4 Å². The third-order valence-electron chi connectivity index (χ3n) is 15.1. The monoisotopic (exact) mass is 1110 g/mol. The van der Waals surface area contributed by atoms with Crippen molar-refractivity contribution in [2.24, 2.45) is 41.4 Å². The summed E-state index contributed by atoms with van der Waals surface area (Å²) in [5, 5.41) is 22.9. The van der Waals surface area contributed by atoms with Crippen molar-refractivity contribution in [2.75, 3.05) is 27.7 Å². The summed E-state index contributed by atoms with van der Waals surface area (Å²) >= 11 is 0. The average Bonchev–Trinajstić information content (AvgIpc) is 3.88. The molecule has 7 amide bonds. The highest BCUT2D eigenvalue weighted by molar-refractivity contribution is 6.05. The van der Waals surface area contributed by atoms with Gasteiger partial charge in [0.1, 0.15) is 48.1 Å².